The number of aryl methyl sites for hydroxylation is 1. The molecule has 0 aliphatic carbocycles. The van der Waals surface area contributed by atoms with E-state index in [9.17, 15) is 0 Å². The van der Waals surface area contributed by atoms with Crippen LogP contribution < -0.4 is 15.2 Å². The van der Waals surface area contributed by atoms with Crippen molar-refractivity contribution >= 4 is 17.2 Å². The van der Waals surface area contributed by atoms with E-state index in [4.69, 9.17) is 27.4 Å². The van der Waals surface area contributed by atoms with Crippen LogP contribution in [0.1, 0.15) is 11.1 Å². The summed E-state index contributed by atoms with van der Waals surface area (Å²) in [5, 5.41) is 4.12. The summed E-state index contributed by atoms with van der Waals surface area (Å²) in [5.41, 5.74) is 7.48. The predicted octanol–water partition coefficient (Wildman–Crippen LogP) is 1.68. The second-order valence-corrected chi connectivity index (χ2v) is 4.79. The second-order valence-electron chi connectivity index (χ2n) is 4.35. The lowest BCUT2D eigenvalue weighted by Crippen LogP contribution is -2.10. The van der Waals surface area contributed by atoms with Gasteiger partial charge in [0.2, 0.25) is 0 Å². The largest absolute Gasteiger partial charge is 0.493 e. The summed E-state index contributed by atoms with van der Waals surface area (Å²) in [6, 6.07) is 5.42. The number of thiocarbonyl (C=S) groups is 1. The van der Waals surface area contributed by atoms with Crippen LogP contribution in [0.3, 0.4) is 0 Å². The maximum Gasteiger partial charge on any atom is 0.161 e. The van der Waals surface area contributed by atoms with Gasteiger partial charge in [0.15, 0.2) is 11.5 Å². The van der Waals surface area contributed by atoms with E-state index in [-0.39, 0.29) is 0 Å². The van der Waals surface area contributed by atoms with Gasteiger partial charge in [-0.2, -0.15) is 5.10 Å². The SMILES string of the molecule is COc1cc(C(N)=S)ccc1OCCc1cnn(C)c1. The number of ether oxygens (including phenoxy) is 2. The summed E-state index contributed by atoms with van der Waals surface area (Å²) in [6.45, 7) is 0.550. The first-order valence-electron chi connectivity index (χ1n) is 6.18. The zero-order valence-corrected chi connectivity index (χ0v) is 12.3. The van der Waals surface area contributed by atoms with E-state index in [1.807, 2.05) is 31.6 Å². The van der Waals surface area contributed by atoms with Crippen molar-refractivity contribution in [2.24, 2.45) is 12.8 Å². The molecular formula is C14H17N3O2S. The highest BCUT2D eigenvalue weighted by atomic mass is 32.1. The Bertz CT molecular complexity index is 610. The number of hydrogen-bond donors (Lipinski definition) is 1. The van der Waals surface area contributed by atoms with E-state index in [1.54, 1.807) is 17.9 Å². The summed E-state index contributed by atoms with van der Waals surface area (Å²) >= 11 is 4.94. The third kappa shape index (κ3) is 3.48. The first kappa shape index (κ1) is 14.3. The van der Waals surface area contributed by atoms with E-state index < -0.39 is 0 Å². The molecule has 0 fully saturated rings. The van der Waals surface area contributed by atoms with E-state index >= 15 is 0 Å². The average molecular weight is 291 g/mol. The van der Waals surface area contributed by atoms with Gasteiger partial charge >= 0.3 is 0 Å². The van der Waals surface area contributed by atoms with Crippen LogP contribution in [0.15, 0.2) is 30.6 Å². The highest BCUT2D eigenvalue weighted by Crippen LogP contribution is 2.28. The average Bonchev–Trinajstić information content (AvgIpc) is 2.84. The Morgan fingerprint density at radius 1 is 1.40 bits per heavy atom. The highest BCUT2D eigenvalue weighted by Gasteiger charge is 2.07. The quantitative estimate of drug-likeness (QED) is 0.821. The summed E-state index contributed by atoms with van der Waals surface area (Å²) in [4.78, 5) is 0.338. The van der Waals surface area contributed by atoms with Crippen LogP contribution in [-0.4, -0.2) is 28.5 Å². The third-order valence-electron chi connectivity index (χ3n) is 2.85. The molecule has 0 amide bonds. The van der Waals surface area contributed by atoms with Crippen LogP contribution in [0, 0.1) is 0 Å². The molecule has 0 radical (unpaired) electrons. The Morgan fingerprint density at radius 2 is 2.20 bits per heavy atom. The standard InChI is InChI=1S/C14H17N3O2S/c1-17-9-10(8-16-17)5-6-19-12-4-3-11(14(15)20)7-13(12)18-2/h3-4,7-9H,5-6H2,1-2H3,(H2,15,20). The molecule has 2 N–H and O–H groups in total. The molecule has 6 heteroatoms. The van der Waals surface area contributed by atoms with Gasteiger partial charge in [-0.3, -0.25) is 4.68 Å². The molecule has 0 saturated carbocycles. The first-order valence-corrected chi connectivity index (χ1v) is 6.59. The molecule has 0 aliphatic heterocycles. The minimum atomic E-state index is 0.338. The van der Waals surface area contributed by atoms with E-state index in [0.717, 1.165) is 17.5 Å². The molecule has 5 nitrogen and oxygen atoms in total. The van der Waals surface area contributed by atoms with Gasteiger partial charge in [-0.15, -0.1) is 0 Å². The number of nitrogens with two attached hydrogens (primary N) is 1. The van der Waals surface area contributed by atoms with Crippen LogP contribution in [0.25, 0.3) is 0 Å². The lowest BCUT2D eigenvalue weighted by molar-refractivity contribution is 0.297. The van der Waals surface area contributed by atoms with Crippen molar-refractivity contribution < 1.29 is 9.47 Å². The topological polar surface area (TPSA) is 62.3 Å². The van der Waals surface area contributed by atoms with Gasteiger partial charge < -0.3 is 15.2 Å². The van der Waals surface area contributed by atoms with E-state index in [2.05, 4.69) is 5.10 Å². The third-order valence-corrected chi connectivity index (χ3v) is 3.09. The van der Waals surface area contributed by atoms with Gasteiger partial charge in [0, 0.05) is 25.2 Å². The molecule has 0 saturated heterocycles. The molecule has 0 bridgehead atoms. The number of rotatable bonds is 6. The number of nitrogens with zero attached hydrogens (tertiary/aromatic N) is 2. The van der Waals surface area contributed by atoms with Crippen molar-refractivity contribution in [2.45, 2.75) is 6.42 Å². The molecule has 0 spiro atoms. The van der Waals surface area contributed by atoms with Crippen LogP contribution in [0.5, 0.6) is 11.5 Å². The zero-order chi connectivity index (χ0) is 14.5. The number of hydrogen-bond acceptors (Lipinski definition) is 4. The molecule has 1 aromatic heterocycles. The molecule has 2 rings (SSSR count). The minimum absolute atomic E-state index is 0.338. The van der Waals surface area contributed by atoms with Gasteiger partial charge in [-0.1, -0.05) is 12.2 Å². The molecule has 0 atom stereocenters. The van der Waals surface area contributed by atoms with Gasteiger partial charge in [-0.05, 0) is 23.8 Å². The first-order chi connectivity index (χ1) is 9.60. The summed E-state index contributed by atoms with van der Waals surface area (Å²) in [7, 11) is 3.48. The normalized spacial score (nSPS) is 10.3. The summed E-state index contributed by atoms with van der Waals surface area (Å²) in [6.07, 6.45) is 4.58. The van der Waals surface area contributed by atoms with Crippen LogP contribution in [0.4, 0.5) is 0 Å². The van der Waals surface area contributed by atoms with E-state index in [1.165, 1.54) is 0 Å². The molecular weight excluding hydrogens is 274 g/mol. The van der Waals surface area contributed by atoms with Crippen LogP contribution in [0.2, 0.25) is 0 Å². The van der Waals surface area contributed by atoms with Crippen molar-refractivity contribution in [3.05, 3.63) is 41.7 Å². The van der Waals surface area contributed by atoms with Crippen molar-refractivity contribution in [1.29, 1.82) is 0 Å². The van der Waals surface area contributed by atoms with Gasteiger partial charge in [0.25, 0.3) is 0 Å². The molecule has 20 heavy (non-hydrogen) atoms. The Kier molecular flexibility index (Phi) is 4.57. The fraction of sp³-hybridized carbons (Fsp3) is 0.286. The Balaban J connectivity index is 2.00. The van der Waals surface area contributed by atoms with Crippen molar-refractivity contribution in [1.82, 2.24) is 9.78 Å². The lowest BCUT2D eigenvalue weighted by atomic mass is 10.2. The molecule has 106 valence electrons. The highest BCUT2D eigenvalue weighted by molar-refractivity contribution is 7.80. The molecule has 1 heterocycles. The van der Waals surface area contributed by atoms with Gasteiger partial charge in [-0.25, -0.2) is 0 Å². The summed E-state index contributed by atoms with van der Waals surface area (Å²) in [5.74, 6) is 1.30. The predicted molar refractivity (Wildman–Crippen MR) is 81.3 cm³/mol. The molecule has 2 aromatic rings. The van der Waals surface area contributed by atoms with Crippen molar-refractivity contribution in [3.63, 3.8) is 0 Å². The maximum absolute atomic E-state index is 5.73. The van der Waals surface area contributed by atoms with Crippen molar-refractivity contribution in [3.8, 4) is 11.5 Å². The Hall–Kier alpha value is -2.08. The smallest absolute Gasteiger partial charge is 0.161 e. The van der Waals surface area contributed by atoms with E-state index in [0.29, 0.717) is 23.1 Å². The van der Waals surface area contributed by atoms with Crippen LogP contribution in [-0.2, 0) is 13.5 Å². The minimum Gasteiger partial charge on any atom is -0.493 e. The number of benzene rings is 1. The van der Waals surface area contributed by atoms with Crippen molar-refractivity contribution in [2.75, 3.05) is 13.7 Å². The monoisotopic (exact) mass is 291 g/mol. The zero-order valence-electron chi connectivity index (χ0n) is 11.5. The number of aromatic nitrogens is 2. The molecule has 1 aromatic carbocycles. The number of methoxy groups -OCH3 is 1. The maximum atomic E-state index is 5.73. The lowest BCUT2D eigenvalue weighted by Gasteiger charge is -2.11. The fourth-order valence-corrected chi connectivity index (χ4v) is 1.95. The molecule has 0 aliphatic rings. The molecule has 0 unspecified atom stereocenters. The van der Waals surface area contributed by atoms with Gasteiger partial charge in [0.05, 0.1) is 19.9 Å². The van der Waals surface area contributed by atoms with Crippen LogP contribution >= 0.6 is 12.2 Å². The fourth-order valence-electron chi connectivity index (χ4n) is 1.82. The Labute approximate surface area is 123 Å². The summed E-state index contributed by atoms with van der Waals surface area (Å²) < 4.78 is 12.8. The second kappa shape index (κ2) is 6.38. The Morgan fingerprint density at radius 3 is 2.80 bits per heavy atom. The van der Waals surface area contributed by atoms with Gasteiger partial charge in [0.1, 0.15) is 4.99 Å².